The van der Waals surface area contributed by atoms with Gasteiger partial charge in [-0.15, -0.1) is 0 Å². The second kappa shape index (κ2) is 7.38. The van der Waals surface area contributed by atoms with Gasteiger partial charge in [-0.1, -0.05) is 22.0 Å². The van der Waals surface area contributed by atoms with Crippen molar-refractivity contribution in [3.8, 4) is 0 Å². The first-order valence-corrected chi connectivity index (χ1v) is 6.66. The highest BCUT2D eigenvalue weighted by Crippen LogP contribution is 2.29. The molecule has 0 bridgehead atoms. The maximum absolute atomic E-state index is 13.0. The summed E-state index contributed by atoms with van der Waals surface area (Å²) >= 11 is 6.49. The highest BCUT2D eigenvalue weighted by Gasteiger charge is 2.10. The number of hydrogen-bond acceptors (Lipinski definition) is 1. The zero-order valence-electron chi connectivity index (χ0n) is 8.81. The molecule has 1 aromatic carbocycles. The van der Waals surface area contributed by atoms with E-state index in [2.05, 4.69) is 31.9 Å². The molecule has 0 saturated heterocycles. The summed E-state index contributed by atoms with van der Waals surface area (Å²) in [5, 5.41) is 0. The normalized spacial score (nSPS) is 13.1. The maximum Gasteiger partial charge on any atom is 0.261 e. The topological polar surface area (TPSA) is 9.23 Å². The molecular formula is C11H11Br2F3O. The molecule has 6 heteroatoms. The lowest BCUT2D eigenvalue weighted by atomic mass is 10.1. The van der Waals surface area contributed by atoms with Gasteiger partial charge in [0.1, 0.15) is 12.4 Å². The van der Waals surface area contributed by atoms with Gasteiger partial charge in [0.15, 0.2) is 0 Å². The van der Waals surface area contributed by atoms with E-state index in [4.69, 9.17) is 4.74 Å². The molecule has 1 aromatic rings. The Hall–Kier alpha value is -0.0700. The number of ether oxygens (including phenoxy) is 1. The summed E-state index contributed by atoms with van der Waals surface area (Å²) in [6.07, 6.45) is -1.89. The van der Waals surface area contributed by atoms with E-state index in [0.29, 0.717) is 10.9 Å². The van der Waals surface area contributed by atoms with Gasteiger partial charge in [0.2, 0.25) is 0 Å². The number of alkyl halides is 3. The van der Waals surface area contributed by atoms with Crippen LogP contribution in [0.25, 0.3) is 0 Å². The number of benzene rings is 1. The fourth-order valence-corrected chi connectivity index (χ4v) is 2.10. The van der Waals surface area contributed by atoms with Crippen LogP contribution in [0.2, 0.25) is 0 Å². The molecule has 0 fully saturated rings. The van der Waals surface area contributed by atoms with Gasteiger partial charge in [0.05, 0.1) is 4.47 Å². The average Bonchev–Trinajstić information content (AvgIpc) is 2.27. The fourth-order valence-electron chi connectivity index (χ4n) is 1.23. The Balaban J connectivity index is 2.41. The SMILES string of the molecule is Fc1ccc(C(Br)CCOCC(F)F)cc1Br. The van der Waals surface area contributed by atoms with Crippen molar-refractivity contribution in [2.45, 2.75) is 17.7 Å². The summed E-state index contributed by atoms with van der Waals surface area (Å²) in [5.74, 6) is -0.331. The molecule has 0 aliphatic heterocycles. The standard InChI is InChI=1S/C11H11Br2F3O/c12-8(3-4-17-6-11(15)16)7-1-2-10(14)9(13)5-7/h1-2,5,8,11H,3-4,6H2. The smallest absolute Gasteiger partial charge is 0.261 e. The summed E-state index contributed by atoms with van der Waals surface area (Å²) < 4.78 is 41.7. The number of halogens is 5. The predicted molar refractivity (Wildman–Crippen MR) is 67.2 cm³/mol. The quantitative estimate of drug-likeness (QED) is 0.517. The van der Waals surface area contributed by atoms with Crippen LogP contribution >= 0.6 is 31.9 Å². The third-order valence-electron chi connectivity index (χ3n) is 2.06. The van der Waals surface area contributed by atoms with Crippen LogP contribution in [0.1, 0.15) is 16.8 Å². The summed E-state index contributed by atoms with van der Waals surface area (Å²) in [5.41, 5.74) is 0.874. The highest BCUT2D eigenvalue weighted by atomic mass is 79.9. The van der Waals surface area contributed by atoms with Crippen LogP contribution in [0.5, 0.6) is 0 Å². The molecule has 96 valence electrons. The first-order chi connectivity index (χ1) is 8.00. The van der Waals surface area contributed by atoms with E-state index in [-0.39, 0.29) is 17.3 Å². The number of hydrogen-bond donors (Lipinski definition) is 0. The Labute approximate surface area is 115 Å². The maximum atomic E-state index is 13.0. The average molecular weight is 376 g/mol. The van der Waals surface area contributed by atoms with Crippen LogP contribution in [0.15, 0.2) is 22.7 Å². The minimum absolute atomic E-state index is 0.0444. The Morgan fingerprint density at radius 2 is 2.00 bits per heavy atom. The molecule has 1 rings (SSSR count). The molecule has 1 atom stereocenters. The summed E-state index contributed by atoms with van der Waals surface area (Å²) in [6, 6.07) is 4.65. The third kappa shape index (κ3) is 5.40. The van der Waals surface area contributed by atoms with E-state index in [1.165, 1.54) is 6.07 Å². The van der Waals surface area contributed by atoms with E-state index in [0.717, 1.165) is 5.56 Å². The molecule has 0 heterocycles. The Morgan fingerprint density at radius 1 is 1.29 bits per heavy atom. The van der Waals surface area contributed by atoms with Gasteiger partial charge < -0.3 is 4.74 Å². The summed E-state index contributed by atoms with van der Waals surface area (Å²) in [7, 11) is 0. The van der Waals surface area contributed by atoms with Crippen molar-refractivity contribution in [3.63, 3.8) is 0 Å². The van der Waals surface area contributed by atoms with Crippen molar-refractivity contribution in [2.24, 2.45) is 0 Å². The van der Waals surface area contributed by atoms with E-state index in [1.807, 2.05) is 0 Å². The molecule has 0 saturated carbocycles. The van der Waals surface area contributed by atoms with Crippen LogP contribution in [-0.4, -0.2) is 19.6 Å². The largest absolute Gasteiger partial charge is 0.375 e. The van der Waals surface area contributed by atoms with E-state index in [1.54, 1.807) is 12.1 Å². The van der Waals surface area contributed by atoms with Crippen LogP contribution in [0, 0.1) is 5.82 Å². The molecule has 0 spiro atoms. The fraction of sp³-hybridized carbons (Fsp3) is 0.455. The van der Waals surface area contributed by atoms with Gasteiger partial charge in [-0.25, -0.2) is 13.2 Å². The molecule has 0 aliphatic rings. The van der Waals surface area contributed by atoms with Gasteiger partial charge in [0, 0.05) is 11.4 Å². The zero-order valence-corrected chi connectivity index (χ0v) is 12.0. The molecule has 0 aromatic heterocycles. The summed E-state index contributed by atoms with van der Waals surface area (Å²) in [4.78, 5) is -0.0444. The van der Waals surface area contributed by atoms with Crippen molar-refractivity contribution in [1.29, 1.82) is 0 Å². The van der Waals surface area contributed by atoms with E-state index >= 15 is 0 Å². The molecule has 17 heavy (non-hydrogen) atoms. The van der Waals surface area contributed by atoms with Crippen LogP contribution in [-0.2, 0) is 4.74 Å². The Bertz CT molecular complexity index is 361. The van der Waals surface area contributed by atoms with Crippen LogP contribution in [0.3, 0.4) is 0 Å². The Morgan fingerprint density at radius 3 is 2.59 bits per heavy atom. The van der Waals surface area contributed by atoms with Gasteiger partial charge in [-0.2, -0.15) is 0 Å². The lowest BCUT2D eigenvalue weighted by molar-refractivity contribution is 0.0167. The van der Waals surface area contributed by atoms with Gasteiger partial charge in [-0.3, -0.25) is 0 Å². The molecule has 1 unspecified atom stereocenters. The summed E-state index contributed by atoms with van der Waals surface area (Å²) in [6.45, 7) is -0.317. The molecule has 0 amide bonds. The van der Waals surface area contributed by atoms with Crippen molar-refractivity contribution in [2.75, 3.05) is 13.2 Å². The Kier molecular flexibility index (Phi) is 6.51. The van der Waals surface area contributed by atoms with E-state index in [9.17, 15) is 13.2 Å². The monoisotopic (exact) mass is 374 g/mol. The van der Waals surface area contributed by atoms with Crippen LogP contribution < -0.4 is 0 Å². The van der Waals surface area contributed by atoms with Crippen molar-refractivity contribution < 1.29 is 17.9 Å². The zero-order chi connectivity index (χ0) is 12.8. The van der Waals surface area contributed by atoms with E-state index < -0.39 is 13.0 Å². The molecular weight excluding hydrogens is 365 g/mol. The predicted octanol–water partition coefficient (Wildman–Crippen LogP) is 4.70. The first-order valence-electron chi connectivity index (χ1n) is 4.95. The second-order valence-electron chi connectivity index (χ2n) is 3.40. The first kappa shape index (κ1) is 15.0. The van der Waals surface area contributed by atoms with Crippen molar-refractivity contribution >= 4 is 31.9 Å². The molecule has 0 aliphatic carbocycles. The number of rotatable bonds is 6. The second-order valence-corrected chi connectivity index (χ2v) is 5.36. The van der Waals surface area contributed by atoms with Gasteiger partial charge in [-0.05, 0) is 40.0 Å². The van der Waals surface area contributed by atoms with Gasteiger partial charge >= 0.3 is 0 Å². The molecule has 0 N–H and O–H groups in total. The molecule has 0 radical (unpaired) electrons. The van der Waals surface area contributed by atoms with Crippen LogP contribution in [0.4, 0.5) is 13.2 Å². The third-order valence-corrected chi connectivity index (χ3v) is 3.66. The minimum atomic E-state index is -2.44. The van der Waals surface area contributed by atoms with Crippen molar-refractivity contribution in [3.05, 3.63) is 34.1 Å². The molecule has 1 nitrogen and oxygen atoms in total. The van der Waals surface area contributed by atoms with Crippen molar-refractivity contribution in [1.82, 2.24) is 0 Å². The lowest BCUT2D eigenvalue weighted by Gasteiger charge is -2.11. The lowest BCUT2D eigenvalue weighted by Crippen LogP contribution is -2.06. The highest BCUT2D eigenvalue weighted by molar-refractivity contribution is 9.10. The minimum Gasteiger partial charge on any atom is -0.375 e. The van der Waals surface area contributed by atoms with Gasteiger partial charge in [0.25, 0.3) is 6.43 Å².